The molecule has 0 saturated heterocycles. The number of anilines is 2. The molecule has 0 saturated carbocycles. The van der Waals surface area contributed by atoms with E-state index in [1.165, 1.54) is 11.5 Å². The van der Waals surface area contributed by atoms with Crippen molar-refractivity contribution < 1.29 is 4.74 Å². The molecule has 1 aromatic heterocycles. The van der Waals surface area contributed by atoms with Crippen molar-refractivity contribution in [3.63, 3.8) is 0 Å². The van der Waals surface area contributed by atoms with Gasteiger partial charge in [-0.3, -0.25) is 14.5 Å². The summed E-state index contributed by atoms with van der Waals surface area (Å²) in [5, 5.41) is 7.67. The van der Waals surface area contributed by atoms with Crippen LogP contribution in [0.5, 0.6) is 11.5 Å². The molecule has 3 aromatic rings. The Hall–Kier alpha value is -2.32. The molecule has 0 spiro atoms. The molecule has 8 heteroatoms. The highest BCUT2D eigenvalue weighted by molar-refractivity contribution is 7.10. The first-order valence-electron chi connectivity index (χ1n) is 8.88. The van der Waals surface area contributed by atoms with E-state index in [-0.39, 0.29) is 11.6 Å². The van der Waals surface area contributed by atoms with Crippen molar-refractivity contribution in [2.75, 3.05) is 5.32 Å². The number of ether oxygens (including phenoxy) is 1. The maximum atomic E-state index is 12.2. The van der Waals surface area contributed by atoms with Gasteiger partial charge >= 0.3 is 0 Å². The normalized spacial score (nSPS) is 12.2. The van der Waals surface area contributed by atoms with Crippen LogP contribution < -0.4 is 26.7 Å². The summed E-state index contributed by atoms with van der Waals surface area (Å²) >= 11 is 7.39. The summed E-state index contributed by atoms with van der Waals surface area (Å²) < 4.78 is 8.65. The second kappa shape index (κ2) is 8.79. The number of benzene rings is 2. The van der Waals surface area contributed by atoms with E-state index in [9.17, 15) is 4.79 Å². The molecule has 0 aliphatic carbocycles. The quantitative estimate of drug-likeness (QED) is 0.410. The van der Waals surface area contributed by atoms with Crippen molar-refractivity contribution in [2.45, 2.75) is 33.0 Å². The molecule has 0 radical (unpaired) electrons. The lowest BCUT2D eigenvalue weighted by atomic mass is 10.2. The zero-order valence-electron chi connectivity index (χ0n) is 15.9. The number of nitrogens with one attached hydrogen (secondary N) is 3. The molecule has 1 unspecified atom stereocenters. The first-order valence-corrected chi connectivity index (χ1v) is 10.1. The monoisotopic (exact) mass is 418 g/mol. The highest BCUT2D eigenvalue weighted by Crippen LogP contribution is 2.33. The van der Waals surface area contributed by atoms with Crippen LogP contribution in [0.15, 0.2) is 47.3 Å². The number of aromatic amines is 1. The molecule has 0 aliphatic heterocycles. The van der Waals surface area contributed by atoms with Crippen molar-refractivity contribution in [3.8, 4) is 11.5 Å². The van der Waals surface area contributed by atoms with Gasteiger partial charge in [-0.2, -0.15) is 0 Å². The van der Waals surface area contributed by atoms with Gasteiger partial charge in [0.15, 0.2) is 0 Å². The number of hydrogen-bond acceptors (Lipinski definition) is 6. The molecule has 0 fully saturated rings. The number of hydrogen-bond donors (Lipinski definition) is 4. The largest absolute Gasteiger partial charge is 0.456 e. The summed E-state index contributed by atoms with van der Waals surface area (Å²) in [5.74, 6) is 1.31. The van der Waals surface area contributed by atoms with E-state index in [1.807, 2.05) is 57.2 Å². The summed E-state index contributed by atoms with van der Waals surface area (Å²) in [5.41, 5.74) is 8.22. The Morgan fingerprint density at radius 2 is 1.93 bits per heavy atom. The number of aryl methyl sites for hydroxylation is 1. The Labute approximate surface area is 172 Å². The molecule has 3 rings (SSSR count). The van der Waals surface area contributed by atoms with Crippen LogP contribution in [0, 0.1) is 6.92 Å². The standard InChI is InChI=1S/C20H23ClN4O2S/c1-11(2)23-18(22)17-19(26)25-28-20(17)24-13-8-9-15(12(3)10-13)27-16-7-5-4-6-14(16)21/h4-11,18,23-24H,22H2,1-3H3,(H,25,26). The van der Waals surface area contributed by atoms with Gasteiger partial charge in [-0.1, -0.05) is 23.7 Å². The average Bonchev–Trinajstić information content (AvgIpc) is 2.99. The van der Waals surface area contributed by atoms with E-state index in [0.717, 1.165) is 11.3 Å². The Kier molecular flexibility index (Phi) is 6.41. The SMILES string of the molecule is Cc1cc(Nc2s[nH]c(=O)c2C(N)NC(C)C)ccc1Oc1ccccc1Cl. The number of nitrogens with two attached hydrogens (primary N) is 1. The molecule has 28 heavy (non-hydrogen) atoms. The van der Waals surface area contributed by atoms with Crippen LogP contribution in [-0.2, 0) is 0 Å². The van der Waals surface area contributed by atoms with Crippen LogP contribution >= 0.6 is 23.1 Å². The number of rotatable bonds is 7. The highest BCUT2D eigenvalue weighted by Gasteiger charge is 2.19. The fourth-order valence-electron chi connectivity index (χ4n) is 2.75. The number of halogens is 1. The summed E-state index contributed by atoms with van der Waals surface area (Å²) in [7, 11) is 0. The van der Waals surface area contributed by atoms with Gasteiger partial charge in [0.25, 0.3) is 5.56 Å². The van der Waals surface area contributed by atoms with E-state index in [4.69, 9.17) is 22.1 Å². The van der Waals surface area contributed by atoms with Crippen molar-refractivity contribution in [1.82, 2.24) is 9.69 Å². The minimum absolute atomic E-state index is 0.158. The van der Waals surface area contributed by atoms with E-state index in [2.05, 4.69) is 15.0 Å². The van der Waals surface area contributed by atoms with E-state index >= 15 is 0 Å². The first kappa shape index (κ1) is 20.4. The van der Waals surface area contributed by atoms with Crippen LogP contribution in [0.3, 0.4) is 0 Å². The van der Waals surface area contributed by atoms with Gasteiger partial charge in [0.05, 0.1) is 16.8 Å². The van der Waals surface area contributed by atoms with Gasteiger partial charge < -0.3 is 15.8 Å². The topological polar surface area (TPSA) is 92.2 Å². The van der Waals surface area contributed by atoms with Gasteiger partial charge in [-0.25, -0.2) is 0 Å². The summed E-state index contributed by atoms with van der Waals surface area (Å²) in [6.07, 6.45) is -0.554. The van der Waals surface area contributed by atoms with Crippen LogP contribution in [0.1, 0.15) is 31.1 Å². The first-order chi connectivity index (χ1) is 13.3. The van der Waals surface area contributed by atoms with Crippen LogP contribution in [0.2, 0.25) is 5.02 Å². The number of aromatic nitrogens is 1. The number of H-pyrrole nitrogens is 1. The maximum absolute atomic E-state index is 12.2. The molecule has 1 heterocycles. The van der Waals surface area contributed by atoms with Crippen molar-refractivity contribution in [1.29, 1.82) is 0 Å². The molecular formula is C20H23ClN4O2S. The Balaban J connectivity index is 1.80. The van der Waals surface area contributed by atoms with E-state index in [0.29, 0.717) is 27.1 Å². The second-order valence-corrected chi connectivity index (χ2v) is 7.94. The van der Waals surface area contributed by atoms with Gasteiger partial charge in [0, 0.05) is 11.7 Å². The molecule has 0 aliphatic rings. The van der Waals surface area contributed by atoms with E-state index in [1.54, 1.807) is 6.07 Å². The molecule has 2 aromatic carbocycles. The lowest BCUT2D eigenvalue weighted by Gasteiger charge is -2.17. The summed E-state index contributed by atoms with van der Waals surface area (Å²) in [6, 6.07) is 13.2. The van der Waals surface area contributed by atoms with E-state index < -0.39 is 6.17 Å². The number of para-hydroxylation sites is 1. The molecule has 0 bridgehead atoms. The average molecular weight is 419 g/mol. The zero-order chi connectivity index (χ0) is 20.3. The van der Waals surface area contributed by atoms with Gasteiger partial charge in [0.1, 0.15) is 16.5 Å². The fourth-order valence-corrected chi connectivity index (χ4v) is 3.72. The minimum Gasteiger partial charge on any atom is -0.456 e. The second-order valence-electron chi connectivity index (χ2n) is 6.71. The van der Waals surface area contributed by atoms with Crippen LogP contribution in [0.25, 0.3) is 0 Å². The summed E-state index contributed by atoms with van der Waals surface area (Å²) in [4.78, 5) is 12.2. The fraction of sp³-hybridized carbons (Fsp3) is 0.250. The smallest absolute Gasteiger partial charge is 0.266 e. The predicted octanol–water partition coefficient (Wildman–Crippen LogP) is 4.89. The highest BCUT2D eigenvalue weighted by atomic mass is 35.5. The zero-order valence-corrected chi connectivity index (χ0v) is 17.4. The maximum Gasteiger partial charge on any atom is 0.266 e. The van der Waals surface area contributed by atoms with Gasteiger partial charge in [-0.05, 0) is 68.2 Å². The molecular weight excluding hydrogens is 396 g/mol. The third-order valence-electron chi connectivity index (χ3n) is 4.05. The lowest BCUT2D eigenvalue weighted by molar-refractivity contribution is 0.479. The van der Waals surface area contributed by atoms with Crippen molar-refractivity contribution in [2.24, 2.45) is 5.73 Å². The molecule has 1 atom stereocenters. The Morgan fingerprint density at radius 3 is 2.61 bits per heavy atom. The van der Waals surface area contributed by atoms with Gasteiger partial charge in [-0.15, -0.1) is 0 Å². The van der Waals surface area contributed by atoms with Crippen LogP contribution in [0.4, 0.5) is 10.7 Å². The van der Waals surface area contributed by atoms with Gasteiger partial charge in [0.2, 0.25) is 0 Å². The van der Waals surface area contributed by atoms with Crippen molar-refractivity contribution >= 4 is 33.8 Å². The Bertz CT molecular complexity index is 1020. The Morgan fingerprint density at radius 1 is 1.18 bits per heavy atom. The molecule has 5 N–H and O–H groups in total. The molecule has 148 valence electrons. The predicted molar refractivity (Wildman–Crippen MR) is 116 cm³/mol. The molecule has 0 amide bonds. The van der Waals surface area contributed by atoms with Crippen molar-refractivity contribution in [3.05, 3.63) is 69.0 Å². The summed E-state index contributed by atoms with van der Waals surface area (Å²) in [6.45, 7) is 5.91. The minimum atomic E-state index is -0.554. The van der Waals surface area contributed by atoms with Crippen LogP contribution in [-0.4, -0.2) is 10.4 Å². The third kappa shape index (κ3) is 4.74. The molecule has 6 nitrogen and oxygen atoms in total. The third-order valence-corrected chi connectivity index (χ3v) is 5.17. The lowest BCUT2D eigenvalue weighted by Crippen LogP contribution is -2.36.